The number of aliphatic hydroxyl groups excluding tert-OH is 1. The van der Waals surface area contributed by atoms with E-state index in [2.05, 4.69) is 26.0 Å². The second kappa shape index (κ2) is 14.9. The largest absolute Gasteiger partial charge is 0.458 e. The number of Topliss-reactive ketones (excluding diaryl/α,β-unsaturated/α-hetero) is 1. The van der Waals surface area contributed by atoms with Crippen molar-refractivity contribution in [3.63, 3.8) is 0 Å². The van der Waals surface area contributed by atoms with Gasteiger partial charge < -0.3 is 33.5 Å². The van der Waals surface area contributed by atoms with Crippen LogP contribution in [0.25, 0.3) is 0 Å². The number of carbonyl (C=O) groups is 2. The Morgan fingerprint density at radius 3 is 2.38 bits per heavy atom. The molecule has 0 aromatic carbocycles. The molecular weight excluding hydrogens is 576 g/mol. The molecule has 14 atom stereocenters. The van der Waals surface area contributed by atoms with Crippen LogP contribution in [-0.2, 0) is 38.0 Å². The highest BCUT2D eigenvalue weighted by atomic mass is 16.7. The van der Waals surface area contributed by atoms with Crippen molar-refractivity contribution in [2.24, 2.45) is 35.5 Å². The minimum atomic E-state index is -0.734. The molecule has 3 fully saturated rings. The third kappa shape index (κ3) is 7.04. The summed E-state index contributed by atoms with van der Waals surface area (Å²) in [7, 11) is 4.94. The van der Waals surface area contributed by atoms with Gasteiger partial charge in [0.25, 0.3) is 0 Å². The minimum absolute atomic E-state index is 0.0198. The second-order valence-corrected chi connectivity index (χ2v) is 13.8. The molecule has 0 amide bonds. The number of methoxy groups -OCH3 is 3. The van der Waals surface area contributed by atoms with Crippen molar-refractivity contribution in [3.05, 3.63) is 35.5 Å². The highest BCUT2D eigenvalue weighted by Gasteiger charge is 2.53. The van der Waals surface area contributed by atoms with Gasteiger partial charge in [0.15, 0.2) is 12.1 Å². The molecule has 0 spiro atoms. The van der Waals surface area contributed by atoms with Gasteiger partial charge in [0.2, 0.25) is 0 Å². The maximum Gasteiger partial charge on any atom is 0.307 e. The van der Waals surface area contributed by atoms with E-state index in [9.17, 15) is 14.7 Å². The van der Waals surface area contributed by atoms with Gasteiger partial charge in [0, 0.05) is 33.2 Å². The highest BCUT2D eigenvalue weighted by Crippen LogP contribution is 2.56. The summed E-state index contributed by atoms with van der Waals surface area (Å²) < 4.78 is 36.2. The lowest BCUT2D eigenvalue weighted by Gasteiger charge is -2.44. The number of fused-ring (bicyclic) bond motifs is 5. The first-order valence-electron chi connectivity index (χ1n) is 17.0. The predicted molar refractivity (Wildman–Crippen MR) is 168 cm³/mol. The van der Waals surface area contributed by atoms with Crippen molar-refractivity contribution in [1.82, 2.24) is 0 Å². The number of allylic oxidation sites excluding steroid dienone is 5. The Hall–Kier alpha value is -1.88. The molecule has 0 aromatic rings. The van der Waals surface area contributed by atoms with E-state index in [1.165, 1.54) is 5.57 Å². The van der Waals surface area contributed by atoms with Gasteiger partial charge in [-0.3, -0.25) is 9.59 Å². The number of hydrogen-bond donors (Lipinski definition) is 1. The molecule has 9 nitrogen and oxygen atoms in total. The van der Waals surface area contributed by atoms with Crippen molar-refractivity contribution in [2.45, 2.75) is 122 Å². The fourth-order valence-electron chi connectivity index (χ4n) is 8.78. The van der Waals surface area contributed by atoms with E-state index in [1.807, 2.05) is 26.0 Å². The molecule has 0 unspecified atom stereocenters. The van der Waals surface area contributed by atoms with Crippen LogP contribution >= 0.6 is 0 Å². The monoisotopic (exact) mass is 630 g/mol. The van der Waals surface area contributed by atoms with Gasteiger partial charge in [0.05, 0.1) is 24.7 Å². The predicted octanol–water partition coefficient (Wildman–Crippen LogP) is 4.95. The van der Waals surface area contributed by atoms with Gasteiger partial charge in [0.1, 0.15) is 24.4 Å². The molecule has 0 aromatic heterocycles. The summed E-state index contributed by atoms with van der Waals surface area (Å²) in [6, 6.07) is 0. The number of aliphatic hydroxyl groups is 1. The fourth-order valence-corrected chi connectivity index (χ4v) is 8.78. The lowest BCUT2D eigenvalue weighted by molar-refractivity contribution is -0.314. The molecule has 252 valence electrons. The Labute approximate surface area is 268 Å². The Bertz CT molecular complexity index is 1150. The molecule has 5 aliphatic rings. The van der Waals surface area contributed by atoms with E-state index >= 15 is 0 Å². The zero-order valence-electron chi connectivity index (χ0n) is 28.1. The molecule has 3 aliphatic carbocycles. The van der Waals surface area contributed by atoms with Crippen LogP contribution in [-0.4, -0.2) is 87.2 Å². The van der Waals surface area contributed by atoms with E-state index in [1.54, 1.807) is 21.3 Å². The number of ketones is 1. The average molecular weight is 631 g/mol. The van der Waals surface area contributed by atoms with E-state index < -0.39 is 24.4 Å². The number of ether oxygens (including phenoxy) is 6. The molecule has 0 radical (unpaired) electrons. The second-order valence-electron chi connectivity index (χ2n) is 13.8. The summed E-state index contributed by atoms with van der Waals surface area (Å²) in [5.41, 5.74) is 1.96. The van der Waals surface area contributed by atoms with E-state index in [0.717, 1.165) is 19.3 Å². The Kier molecular flexibility index (Phi) is 11.4. The first-order valence-corrected chi connectivity index (χ1v) is 17.0. The normalized spacial score (nSPS) is 44.3. The Morgan fingerprint density at radius 2 is 1.69 bits per heavy atom. The lowest BCUT2D eigenvalue weighted by Crippen LogP contribution is -2.59. The fraction of sp³-hybridized carbons (Fsp3) is 0.778. The number of hydrogen-bond acceptors (Lipinski definition) is 9. The topological polar surface area (TPSA) is 110 Å². The maximum atomic E-state index is 13.9. The summed E-state index contributed by atoms with van der Waals surface area (Å²) in [5.74, 6) is -0.431. The van der Waals surface area contributed by atoms with Crippen molar-refractivity contribution >= 4 is 11.8 Å². The van der Waals surface area contributed by atoms with Crippen molar-refractivity contribution in [1.29, 1.82) is 0 Å². The van der Waals surface area contributed by atoms with Crippen molar-refractivity contribution in [2.75, 3.05) is 21.3 Å². The summed E-state index contributed by atoms with van der Waals surface area (Å²) in [6.07, 6.45) is 9.88. The van der Waals surface area contributed by atoms with Gasteiger partial charge in [-0.15, -0.1) is 0 Å². The standard InChI is InChI=1S/C36H54O9/c1-8-9-11-22-12-10-13-30(37)20(3)32(39)29-17-27-25(28(29)18-31(38)44-22)14-19(2)24-15-23(16-26(24)27)45-36-35(42-7)34(41-6)33(40-5)21(4)43-36/h9,11,14,17,20-28,30,33-37H,8,10,12-13,15-16,18H2,1-7H3/b11-9+/t20-,21+,22+,23-,24+,25-,26-,27-,28+,30+,33+,34-,35-,36+/m1/s1. The highest BCUT2D eigenvalue weighted by molar-refractivity contribution is 5.99. The van der Waals surface area contributed by atoms with E-state index in [4.69, 9.17) is 28.4 Å². The number of cyclic esters (lactones) is 1. The number of carbonyl (C=O) groups excluding carboxylic acids is 2. The van der Waals surface area contributed by atoms with Crippen LogP contribution in [0.4, 0.5) is 0 Å². The van der Waals surface area contributed by atoms with Gasteiger partial charge in [-0.2, -0.15) is 0 Å². The summed E-state index contributed by atoms with van der Waals surface area (Å²) in [6.45, 7) is 8.01. The summed E-state index contributed by atoms with van der Waals surface area (Å²) in [4.78, 5) is 27.3. The van der Waals surface area contributed by atoms with Gasteiger partial charge in [-0.25, -0.2) is 0 Å². The molecular formula is C36H54O9. The van der Waals surface area contributed by atoms with Crippen molar-refractivity contribution in [3.8, 4) is 0 Å². The third-order valence-electron chi connectivity index (χ3n) is 11.2. The minimum Gasteiger partial charge on any atom is -0.458 e. The molecule has 1 N–H and O–H groups in total. The molecule has 0 bridgehead atoms. The van der Waals surface area contributed by atoms with Crippen LogP contribution in [0.1, 0.15) is 72.6 Å². The zero-order chi connectivity index (χ0) is 32.4. The first-order chi connectivity index (χ1) is 21.6. The first kappa shape index (κ1) is 34.5. The smallest absolute Gasteiger partial charge is 0.307 e. The lowest BCUT2D eigenvalue weighted by atomic mass is 9.67. The van der Waals surface area contributed by atoms with E-state index in [0.29, 0.717) is 30.8 Å². The van der Waals surface area contributed by atoms with Crippen LogP contribution in [0.3, 0.4) is 0 Å². The van der Waals surface area contributed by atoms with Gasteiger partial charge in [-0.05, 0) is 87.7 Å². The SMILES string of the molecule is CC/C=C/[C@H]1CCC[C@H](O)[C@@H](C)C(=O)C2=C[C@@H]3[C@@H](C=C(C)[C@@H]4C[C@@H](O[C@@H]5O[C@@H](C)[C@H](OC)[C@@H](OC)[C@H]5OC)C[C@@H]34)[C@@H]2CC(=O)O1. The van der Waals surface area contributed by atoms with Crippen LogP contribution in [0, 0.1) is 35.5 Å². The quantitative estimate of drug-likeness (QED) is 0.309. The van der Waals surface area contributed by atoms with Gasteiger partial charge in [-0.1, -0.05) is 37.6 Å². The maximum absolute atomic E-state index is 13.9. The summed E-state index contributed by atoms with van der Waals surface area (Å²) in [5, 5.41) is 11.0. The Morgan fingerprint density at radius 1 is 0.956 bits per heavy atom. The number of rotatable bonds is 7. The number of esters is 1. The molecule has 2 aliphatic heterocycles. The molecule has 5 rings (SSSR count). The molecule has 2 heterocycles. The molecule has 1 saturated carbocycles. The Balaban J connectivity index is 1.37. The van der Waals surface area contributed by atoms with Crippen LogP contribution in [0.15, 0.2) is 35.5 Å². The van der Waals surface area contributed by atoms with Crippen molar-refractivity contribution < 1.29 is 43.1 Å². The zero-order valence-corrected chi connectivity index (χ0v) is 28.1. The average Bonchev–Trinajstić information content (AvgIpc) is 3.60. The summed E-state index contributed by atoms with van der Waals surface area (Å²) >= 11 is 0. The molecule has 45 heavy (non-hydrogen) atoms. The van der Waals surface area contributed by atoms with Crippen LogP contribution in [0.2, 0.25) is 0 Å². The van der Waals surface area contributed by atoms with Crippen LogP contribution < -0.4 is 0 Å². The molecule has 2 saturated heterocycles. The molecule has 9 heteroatoms. The van der Waals surface area contributed by atoms with E-state index in [-0.39, 0.29) is 72.4 Å². The van der Waals surface area contributed by atoms with Crippen LogP contribution in [0.5, 0.6) is 0 Å². The van der Waals surface area contributed by atoms with Gasteiger partial charge >= 0.3 is 5.97 Å². The third-order valence-corrected chi connectivity index (χ3v) is 11.2.